The first-order valence-electron chi connectivity index (χ1n) is 14.2. The third-order valence-electron chi connectivity index (χ3n) is 7.82. The second kappa shape index (κ2) is 12.9. The van der Waals surface area contributed by atoms with Crippen molar-refractivity contribution in [3.63, 3.8) is 0 Å². The number of nitrogens with one attached hydrogen (secondary N) is 1. The average Bonchev–Trinajstić information content (AvgIpc) is 3.33. The molecule has 1 aliphatic rings. The lowest BCUT2D eigenvalue weighted by molar-refractivity contribution is 0.190. The van der Waals surface area contributed by atoms with Gasteiger partial charge in [0, 0.05) is 42.6 Å². The minimum absolute atomic E-state index is 0.258. The smallest absolute Gasteiger partial charge is 0.243 e. The van der Waals surface area contributed by atoms with Crippen LogP contribution in [0.3, 0.4) is 0 Å². The zero-order valence-corrected chi connectivity index (χ0v) is 24.2. The highest BCUT2D eigenvalue weighted by molar-refractivity contribution is 7.89. The van der Waals surface area contributed by atoms with Gasteiger partial charge < -0.3 is 9.72 Å². The fourth-order valence-corrected chi connectivity index (χ4v) is 7.14. The van der Waals surface area contributed by atoms with Crippen molar-refractivity contribution in [2.75, 3.05) is 20.2 Å². The van der Waals surface area contributed by atoms with E-state index in [0.717, 1.165) is 42.0 Å². The van der Waals surface area contributed by atoms with Gasteiger partial charge in [0.25, 0.3) is 0 Å². The molecule has 2 heterocycles. The Morgan fingerprint density at radius 3 is 2.40 bits per heavy atom. The van der Waals surface area contributed by atoms with Crippen molar-refractivity contribution < 1.29 is 13.2 Å². The maximum Gasteiger partial charge on any atom is 0.243 e. The summed E-state index contributed by atoms with van der Waals surface area (Å²) in [6.07, 6.45) is 4.85. The number of hydrogen-bond acceptors (Lipinski definition) is 4. The second-order valence-electron chi connectivity index (χ2n) is 10.4. The number of nitrogens with zero attached hydrogens (tertiary/aromatic N) is 2. The predicted molar refractivity (Wildman–Crippen MR) is 161 cm³/mol. The summed E-state index contributed by atoms with van der Waals surface area (Å²) in [4.78, 5) is 6.40. The minimum atomic E-state index is -3.71. The molecule has 1 fully saturated rings. The second-order valence-corrected chi connectivity index (χ2v) is 12.4. The summed E-state index contributed by atoms with van der Waals surface area (Å²) in [6, 6.07) is 30.1. The molecule has 1 N–H and O–H groups in total. The number of rotatable bonds is 10. The van der Waals surface area contributed by atoms with Gasteiger partial charge in [0.2, 0.25) is 10.0 Å². The lowest BCUT2D eigenvalue weighted by Gasteiger charge is -2.30. The highest BCUT2D eigenvalue weighted by Gasteiger charge is 2.26. The Balaban J connectivity index is 1.41. The van der Waals surface area contributed by atoms with Gasteiger partial charge in [0.05, 0.1) is 12.0 Å². The van der Waals surface area contributed by atoms with Gasteiger partial charge in [-0.25, -0.2) is 8.42 Å². The van der Waals surface area contributed by atoms with Gasteiger partial charge in [-0.1, -0.05) is 80.4 Å². The standard InChI is InChI=1S/C33H39N3O3S/c1-3-36(24-26-13-7-4-8-14-26)40(37,38)29-19-21-33(39-2)30(23-29)31-20-18-28(34-31)25-35-22-12-6-11-17-32(35)27-15-9-5-10-16-27/h4-5,7-10,13-16,18-21,23,32,34H,3,6,11-12,17,22,24-25H2,1-2H3/t32-/m1/s1. The fraction of sp³-hybridized carbons (Fsp3) is 0.333. The van der Waals surface area contributed by atoms with Gasteiger partial charge >= 0.3 is 0 Å². The molecule has 1 aromatic heterocycles. The number of aromatic amines is 1. The predicted octanol–water partition coefficient (Wildman–Crippen LogP) is 7.02. The third-order valence-corrected chi connectivity index (χ3v) is 9.74. The highest BCUT2D eigenvalue weighted by atomic mass is 32.2. The van der Waals surface area contributed by atoms with Crippen LogP contribution in [0.1, 0.15) is 55.5 Å². The molecule has 0 spiro atoms. The zero-order valence-electron chi connectivity index (χ0n) is 23.4. The molecule has 0 saturated carbocycles. The van der Waals surface area contributed by atoms with Crippen LogP contribution >= 0.6 is 0 Å². The molecule has 5 rings (SSSR count). The van der Waals surface area contributed by atoms with Crippen LogP contribution in [0.15, 0.2) is 95.9 Å². The molecule has 4 aromatic rings. The van der Waals surface area contributed by atoms with E-state index in [4.69, 9.17) is 4.74 Å². The highest BCUT2D eigenvalue weighted by Crippen LogP contribution is 2.35. The Hall–Kier alpha value is -3.39. The maximum atomic E-state index is 13.7. The summed E-state index contributed by atoms with van der Waals surface area (Å²) in [7, 11) is -2.09. The molecule has 0 aliphatic carbocycles. The number of aromatic nitrogens is 1. The van der Waals surface area contributed by atoms with E-state index in [1.54, 1.807) is 25.3 Å². The largest absolute Gasteiger partial charge is 0.496 e. The van der Waals surface area contributed by atoms with Crippen LogP contribution < -0.4 is 4.74 Å². The lowest BCUT2D eigenvalue weighted by atomic mass is 10.0. The maximum absolute atomic E-state index is 13.7. The molecule has 0 radical (unpaired) electrons. The van der Waals surface area contributed by atoms with Crippen molar-refractivity contribution in [1.82, 2.24) is 14.2 Å². The molecule has 1 atom stereocenters. The van der Waals surface area contributed by atoms with Crippen molar-refractivity contribution >= 4 is 10.0 Å². The van der Waals surface area contributed by atoms with E-state index in [0.29, 0.717) is 24.9 Å². The first kappa shape index (κ1) is 28.1. The van der Waals surface area contributed by atoms with E-state index in [1.165, 1.54) is 29.1 Å². The summed E-state index contributed by atoms with van der Waals surface area (Å²) >= 11 is 0. The third kappa shape index (κ3) is 6.33. The number of likely N-dealkylation sites (tertiary alicyclic amines) is 1. The number of hydrogen-bond donors (Lipinski definition) is 1. The van der Waals surface area contributed by atoms with Gasteiger partial charge in [0.1, 0.15) is 5.75 Å². The topological polar surface area (TPSA) is 65.6 Å². The summed E-state index contributed by atoms with van der Waals surface area (Å²) in [6.45, 7) is 4.43. The fourth-order valence-electron chi connectivity index (χ4n) is 5.68. The summed E-state index contributed by atoms with van der Waals surface area (Å²) in [5, 5.41) is 0. The number of ether oxygens (including phenoxy) is 1. The number of methoxy groups -OCH3 is 1. The normalized spacial score (nSPS) is 16.6. The van der Waals surface area contributed by atoms with Gasteiger partial charge in [-0.2, -0.15) is 4.31 Å². The molecule has 1 aliphatic heterocycles. The first-order valence-corrected chi connectivity index (χ1v) is 15.6. The van der Waals surface area contributed by atoms with E-state index in [9.17, 15) is 8.42 Å². The van der Waals surface area contributed by atoms with E-state index in [2.05, 4.69) is 46.3 Å². The molecule has 40 heavy (non-hydrogen) atoms. The lowest BCUT2D eigenvalue weighted by Crippen LogP contribution is -2.30. The molecule has 0 bridgehead atoms. The Morgan fingerprint density at radius 2 is 1.68 bits per heavy atom. The van der Waals surface area contributed by atoms with Gasteiger partial charge in [0.15, 0.2) is 0 Å². The number of benzene rings is 3. The van der Waals surface area contributed by atoms with E-state index < -0.39 is 10.0 Å². The zero-order chi connectivity index (χ0) is 28.0. The van der Waals surface area contributed by atoms with Crippen LogP contribution in [0.2, 0.25) is 0 Å². The molecular formula is C33H39N3O3S. The van der Waals surface area contributed by atoms with Crippen LogP contribution in [0, 0.1) is 0 Å². The van der Waals surface area contributed by atoms with E-state index in [1.807, 2.05) is 43.3 Å². The van der Waals surface area contributed by atoms with Crippen molar-refractivity contribution in [2.24, 2.45) is 0 Å². The van der Waals surface area contributed by atoms with E-state index >= 15 is 0 Å². The van der Waals surface area contributed by atoms with Crippen molar-refractivity contribution in [1.29, 1.82) is 0 Å². The summed E-state index contributed by atoms with van der Waals surface area (Å²) in [5.74, 6) is 0.635. The van der Waals surface area contributed by atoms with Crippen LogP contribution in [0.25, 0.3) is 11.3 Å². The monoisotopic (exact) mass is 557 g/mol. The molecule has 7 heteroatoms. The summed E-state index contributed by atoms with van der Waals surface area (Å²) in [5.41, 5.74) is 5.01. The molecular weight excluding hydrogens is 518 g/mol. The Kier molecular flexibility index (Phi) is 9.04. The number of sulfonamides is 1. The van der Waals surface area contributed by atoms with Crippen molar-refractivity contribution in [2.45, 2.75) is 56.6 Å². The van der Waals surface area contributed by atoms with Crippen LogP contribution in [-0.2, 0) is 23.1 Å². The molecule has 0 amide bonds. The minimum Gasteiger partial charge on any atom is -0.496 e. The molecule has 3 aromatic carbocycles. The number of H-pyrrole nitrogens is 1. The quantitative estimate of drug-likeness (QED) is 0.228. The van der Waals surface area contributed by atoms with Gasteiger partial charge in [-0.15, -0.1) is 0 Å². The molecule has 210 valence electrons. The summed E-state index contributed by atoms with van der Waals surface area (Å²) < 4.78 is 34.6. The Labute approximate surface area is 238 Å². The Morgan fingerprint density at radius 1 is 0.925 bits per heavy atom. The van der Waals surface area contributed by atoms with Crippen molar-refractivity contribution in [3.8, 4) is 17.0 Å². The average molecular weight is 558 g/mol. The Bertz CT molecular complexity index is 1490. The molecule has 0 unspecified atom stereocenters. The van der Waals surface area contributed by atoms with Crippen molar-refractivity contribution in [3.05, 3.63) is 108 Å². The van der Waals surface area contributed by atoms with Gasteiger partial charge in [-0.05, 0) is 60.8 Å². The SMILES string of the molecule is CCN(Cc1ccccc1)S(=O)(=O)c1ccc(OC)c(-c2ccc(CN3CCCCC[C@@H]3c3ccccc3)[nH]2)c1. The van der Waals surface area contributed by atoms with E-state index in [-0.39, 0.29) is 4.90 Å². The van der Waals surface area contributed by atoms with Gasteiger partial charge in [-0.3, -0.25) is 4.90 Å². The van der Waals surface area contributed by atoms with Crippen LogP contribution in [0.5, 0.6) is 5.75 Å². The van der Waals surface area contributed by atoms with Crippen LogP contribution in [-0.4, -0.2) is 42.8 Å². The molecule has 1 saturated heterocycles. The first-order chi connectivity index (χ1) is 19.5. The van der Waals surface area contributed by atoms with Crippen LogP contribution in [0.4, 0.5) is 0 Å². The molecule has 6 nitrogen and oxygen atoms in total.